The van der Waals surface area contributed by atoms with Crippen LogP contribution in [0.15, 0.2) is 42.5 Å². The van der Waals surface area contributed by atoms with Gasteiger partial charge in [0.2, 0.25) is 0 Å². The lowest BCUT2D eigenvalue weighted by Crippen LogP contribution is -2.23. The van der Waals surface area contributed by atoms with Crippen LogP contribution in [0.3, 0.4) is 0 Å². The lowest BCUT2D eigenvalue weighted by Gasteiger charge is -2.16. The van der Waals surface area contributed by atoms with Gasteiger partial charge in [0.05, 0.1) is 0 Å². The van der Waals surface area contributed by atoms with Crippen LogP contribution in [0.4, 0.5) is 0 Å². The Hall–Kier alpha value is -2.09. The van der Waals surface area contributed by atoms with Crippen LogP contribution < -0.4 is 5.32 Å². The molecule has 3 rings (SSSR count). The van der Waals surface area contributed by atoms with Gasteiger partial charge in [-0.25, -0.2) is 0 Å². The molecular weight excluding hydrogens is 258 g/mol. The van der Waals surface area contributed by atoms with Crippen molar-refractivity contribution in [1.82, 2.24) is 5.32 Å². The molecule has 2 heteroatoms. The Morgan fingerprint density at radius 2 is 1.71 bits per heavy atom. The van der Waals surface area contributed by atoms with Gasteiger partial charge in [-0.3, -0.25) is 4.79 Å². The van der Waals surface area contributed by atoms with Gasteiger partial charge < -0.3 is 5.32 Å². The molecule has 1 amide bonds. The Bertz CT molecular complexity index is 643. The van der Waals surface area contributed by atoms with Gasteiger partial charge in [0.1, 0.15) is 0 Å². The van der Waals surface area contributed by atoms with Crippen molar-refractivity contribution in [2.45, 2.75) is 39.2 Å². The molecular formula is C19H21NO. The fourth-order valence-corrected chi connectivity index (χ4v) is 2.87. The van der Waals surface area contributed by atoms with E-state index >= 15 is 0 Å². The third kappa shape index (κ3) is 3.33. The highest BCUT2D eigenvalue weighted by molar-refractivity contribution is 5.94. The van der Waals surface area contributed by atoms with E-state index in [-0.39, 0.29) is 5.91 Å². The molecule has 1 N–H and O–H groups in total. The fourth-order valence-electron chi connectivity index (χ4n) is 2.87. The van der Waals surface area contributed by atoms with Crippen molar-refractivity contribution in [3.05, 3.63) is 70.3 Å². The van der Waals surface area contributed by atoms with E-state index in [0.29, 0.717) is 6.54 Å². The second-order valence-corrected chi connectivity index (χ2v) is 5.86. The Labute approximate surface area is 126 Å². The van der Waals surface area contributed by atoms with E-state index in [1.165, 1.54) is 29.5 Å². The van der Waals surface area contributed by atoms with Crippen molar-refractivity contribution < 1.29 is 4.79 Å². The second kappa shape index (κ2) is 6.13. The highest BCUT2D eigenvalue weighted by Gasteiger charge is 2.12. The number of rotatable bonds is 3. The molecule has 2 nitrogen and oxygen atoms in total. The third-order valence-electron chi connectivity index (χ3n) is 4.18. The first-order chi connectivity index (χ1) is 10.2. The van der Waals surface area contributed by atoms with Crippen molar-refractivity contribution >= 4 is 5.91 Å². The topological polar surface area (TPSA) is 29.1 Å². The summed E-state index contributed by atoms with van der Waals surface area (Å²) < 4.78 is 0. The van der Waals surface area contributed by atoms with Gasteiger partial charge >= 0.3 is 0 Å². The molecule has 0 bridgehead atoms. The molecule has 0 spiro atoms. The van der Waals surface area contributed by atoms with Gasteiger partial charge in [0.25, 0.3) is 5.91 Å². The van der Waals surface area contributed by atoms with E-state index < -0.39 is 0 Å². The monoisotopic (exact) mass is 279 g/mol. The molecule has 1 aliphatic carbocycles. The third-order valence-corrected chi connectivity index (χ3v) is 4.18. The maximum atomic E-state index is 12.3. The van der Waals surface area contributed by atoms with Gasteiger partial charge in [0, 0.05) is 12.1 Å². The molecule has 0 heterocycles. The van der Waals surface area contributed by atoms with E-state index in [1.807, 2.05) is 6.07 Å². The zero-order valence-corrected chi connectivity index (χ0v) is 12.5. The van der Waals surface area contributed by atoms with Gasteiger partial charge in [-0.2, -0.15) is 0 Å². The molecule has 2 aromatic carbocycles. The maximum absolute atomic E-state index is 12.3. The average Bonchev–Trinajstić information content (AvgIpc) is 2.53. The highest BCUT2D eigenvalue weighted by Crippen LogP contribution is 2.22. The zero-order chi connectivity index (χ0) is 14.7. The fraction of sp³-hybridized carbons (Fsp3) is 0.316. The van der Waals surface area contributed by atoms with E-state index in [2.05, 4.69) is 48.6 Å². The lowest BCUT2D eigenvalue weighted by molar-refractivity contribution is 0.0951. The van der Waals surface area contributed by atoms with Crippen molar-refractivity contribution in [3.63, 3.8) is 0 Å². The predicted octanol–water partition coefficient (Wildman–Crippen LogP) is 3.80. The molecule has 0 atom stereocenters. The summed E-state index contributed by atoms with van der Waals surface area (Å²) in [7, 11) is 0. The standard InChI is InChI=1S/C19H21NO/c1-14-6-8-15(9-7-14)13-20-19(21)18-11-10-16-4-2-3-5-17(16)12-18/h6-12H,2-5,13H2,1H3,(H,20,21). The Morgan fingerprint density at radius 3 is 2.48 bits per heavy atom. The summed E-state index contributed by atoms with van der Waals surface area (Å²) in [4.78, 5) is 12.3. The van der Waals surface area contributed by atoms with Gasteiger partial charge in [0.15, 0.2) is 0 Å². The zero-order valence-electron chi connectivity index (χ0n) is 12.5. The molecule has 0 fully saturated rings. The number of aryl methyl sites for hydroxylation is 3. The van der Waals surface area contributed by atoms with E-state index in [0.717, 1.165) is 24.0 Å². The summed E-state index contributed by atoms with van der Waals surface area (Å²) in [6.45, 7) is 2.64. The largest absolute Gasteiger partial charge is 0.348 e. The smallest absolute Gasteiger partial charge is 0.251 e. The number of amides is 1. The number of hydrogen-bond acceptors (Lipinski definition) is 1. The predicted molar refractivity (Wildman–Crippen MR) is 85.4 cm³/mol. The van der Waals surface area contributed by atoms with Gasteiger partial charge in [-0.1, -0.05) is 35.9 Å². The van der Waals surface area contributed by atoms with Crippen LogP contribution in [0.1, 0.15) is 45.5 Å². The van der Waals surface area contributed by atoms with E-state index in [9.17, 15) is 4.79 Å². The summed E-state index contributed by atoms with van der Waals surface area (Å²) in [5, 5.41) is 3.00. The first-order valence-corrected chi connectivity index (χ1v) is 7.68. The molecule has 0 radical (unpaired) electrons. The van der Waals surface area contributed by atoms with Crippen LogP contribution in [-0.2, 0) is 19.4 Å². The molecule has 1 aliphatic rings. The van der Waals surface area contributed by atoms with Crippen LogP contribution in [0.5, 0.6) is 0 Å². The van der Waals surface area contributed by atoms with Crippen LogP contribution >= 0.6 is 0 Å². The minimum absolute atomic E-state index is 0.0175. The van der Waals surface area contributed by atoms with Crippen LogP contribution in [0.25, 0.3) is 0 Å². The van der Waals surface area contributed by atoms with Crippen LogP contribution in [0, 0.1) is 6.92 Å². The van der Waals surface area contributed by atoms with Crippen LogP contribution in [-0.4, -0.2) is 5.91 Å². The van der Waals surface area contributed by atoms with Crippen molar-refractivity contribution in [2.24, 2.45) is 0 Å². The second-order valence-electron chi connectivity index (χ2n) is 5.86. The molecule has 2 aromatic rings. The van der Waals surface area contributed by atoms with Crippen molar-refractivity contribution in [3.8, 4) is 0 Å². The molecule has 108 valence electrons. The number of nitrogens with one attached hydrogen (secondary N) is 1. The molecule has 0 unspecified atom stereocenters. The number of carbonyl (C=O) groups excluding carboxylic acids is 1. The Kier molecular flexibility index (Phi) is 4.05. The summed E-state index contributed by atoms with van der Waals surface area (Å²) >= 11 is 0. The van der Waals surface area contributed by atoms with E-state index in [4.69, 9.17) is 0 Å². The van der Waals surface area contributed by atoms with Crippen molar-refractivity contribution in [2.75, 3.05) is 0 Å². The lowest BCUT2D eigenvalue weighted by atomic mass is 9.90. The molecule has 21 heavy (non-hydrogen) atoms. The number of carbonyl (C=O) groups is 1. The first-order valence-electron chi connectivity index (χ1n) is 7.68. The van der Waals surface area contributed by atoms with Crippen molar-refractivity contribution in [1.29, 1.82) is 0 Å². The Morgan fingerprint density at radius 1 is 1.00 bits per heavy atom. The maximum Gasteiger partial charge on any atom is 0.251 e. The van der Waals surface area contributed by atoms with Gasteiger partial charge in [-0.15, -0.1) is 0 Å². The molecule has 0 aliphatic heterocycles. The molecule has 0 saturated carbocycles. The average molecular weight is 279 g/mol. The molecule has 0 saturated heterocycles. The van der Waals surface area contributed by atoms with E-state index in [1.54, 1.807) is 0 Å². The Balaban J connectivity index is 1.66. The minimum Gasteiger partial charge on any atom is -0.348 e. The molecule has 0 aromatic heterocycles. The number of fused-ring (bicyclic) bond motifs is 1. The van der Waals surface area contributed by atoms with Gasteiger partial charge in [-0.05, 0) is 61.4 Å². The number of benzene rings is 2. The summed E-state index contributed by atoms with van der Waals surface area (Å²) in [6, 6.07) is 14.4. The summed E-state index contributed by atoms with van der Waals surface area (Å²) in [5.74, 6) is 0.0175. The highest BCUT2D eigenvalue weighted by atomic mass is 16.1. The summed E-state index contributed by atoms with van der Waals surface area (Å²) in [6.07, 6.45) is 4.77. The van der Waals surface area contributed by atoms with Crippen LogP contribution in [0.2, 0.25) is 0 Å². The first kappa shape index (κ1) is 13.9. The SMILES string of the molecule is Cc1ccc(CNC(=O)c2ccc3c(c2)CCCC3)cc1. The minimum atomic E-state index is 0.0175. The quantitative estimate of drug-likeness (QED) is 0.909. The number of hydrogen-bond donors (Lipinski definition) is 1. The summed E-state index contributed by atoms with van der Waals surface area (Å²) in [5.41, 5.74) is 5.91. The normalized spacial score (nSPS) is 13.6.